The van der Waals surface area contributed by atoms with Crippen LogP contribution in [0.4, 0.5) is 4.39 Å². The van der Waals surface area contributed by atoms with Crippen LogP contribution in [0.3, 0.4) is 0 Å². The average molecular weight is 284 g/mol. The number of hydrogen-bond acceptors (Lipinski definition) is 2. The molecular weight excluding hydrogens is 263 g/mol. The Bertz CT molecular complexity index is 597. The molecule has 0 saturated carbocycles. The van der Waals surface area contributed by atoms with Gasteiger partial charge in [-0.2, -0.15) is 0 Å². The van der Waals surface area contributed by atoms with Crippen LogP contribution in [0, 0.1) is 5.82 Å². The molecule has 0 bridgehead atoms. The second kappa shape index (κ2) is 6.37. The van der Waals surface area contributed by atoms with Gasteiger partial charge in [-0.25, -0.2) is 4.39 Å². The zero-order valence-electron chi connectivity index (χ0n) is 12.1. The third-order valence-electron chi connectivity index (χ3n) is 4.27. The number of likely N-dealkylation sites (tertiary alicyclic amines) is 1. The van der Waals surface area contributed by atoms with Crippen LogP contribution in [0.5, 0.6) is 0 Å². The Labute approximate surface area is 125 Å². The van der Waals surface area contributed by atoms with Crippen molar-refractivity contribution in [3.8, 4) is 0 Å². The minimum absolute atomic E-state index is 0.142. The van der Waals surface area contributed by atoms with Crippen molar-refractivity contribution in [2.75, 3.05) is 6.54 Å². The van der Waals surface area contributed by atoms with E-state index in [0.717, 1.165) is 24.1 Å². The summed E-state index contributed by atoms with van der Waals surface area (Å²) in [6, 6.07) is 16.3. The number of benzene rings is 2. The van der Waals surface area contributed by atoms with Crippen molar-refractivity contribution in [3.05, 3.63) is 71.0 Å². The van der Waals surface area contributed by atoms with E-state index in [2.05, 4.69) is 29.2 Å². The Kier molecular flexibility index (Phi) is 4.32. The van der Waals surface area contributed by atoms with Crippen LogP contribution in [-0.4, -0.2) is 11.4 Å². The first kappa shape index (κ1) is 14.2. The van der Waals surface area contributed by atoms with Crippen molar-refractivity contribution in [2.45, 2.75) is 32.0 Å². The molecule has 2 nitrogen and oxygen atoms in total. The highest BCUT2D eigenvalue weighted by molar-refractivity contribution is 5.25. The van der Waals surface area contributed by atoms with Gasteiger partial charge in [0.2, 0.25) is 0 Å². The maximum atomic E-state index is 14.1. The quantitative estimate of drug-likeness (QED) is 0.929. The van der Waals surface area contributed by atoms with Gasteiger partial charge in [-0.1, -0.05) is 42.5 Å². The van der Waals surface area contributed by atoms with Crippen molar-refractivity contribution in [3.63, 3.8) is 0 Å². The minimum atomic E-state index is -0.142. The first-order chi connectivity index (χ1) is 10.3. The highest BCUT2D eigenvalue weighted by Gasteiger charge is 2.26. The fourth-order valence-corrected chi connectivity index (χ4v) is 3.13. The Hall–Kier alpha value is -1.71. The second-order valence-electron chi connectivity index (χ2n) is 5.67. The molecule has 3 rings (SSSR count). The lowest BCUT2D eigenvalue weighted by Crippen LogP contribution is -2.23. The van der Waals surface area contributed by atoms with Crippen LogP contribution in [0.2, 0.25) is 0 Å². The van der Waals surface area contributed by atoms with Gasteiger partial charge in [0.25, 0.3) is 0 Å². The van der Waals surface area contributed by atoms with Gasteiger partial charge in [-0.15, -0.1) is 0 Å². The molecule has 21 heavy (non-hydrogen) atoms. The summed E-state index contributed by atoms with van der Waals surface area (Å²) in [4.78, 5) is 2.37. The lowest BCUT2D eigenvalue weighted by molar-refractivity contribution is 0.245. The largest absolute Gasteiger partial charge is 0.326 e. The molecule has 1 aliphatic heterocycles. The first-order valence-electron chi connectivity index (χ1n) is 7.54. The molecule has 2 aromatic carbocycles. The Morgan fingerprint density at radius 1 is 1.14 bits per heavy atom. The van der Waals surface area contributed by atoms with Crippen LogP contribution in [-0.2, 0) is 13.1 Å². The van der Waals surface area contributed by atoms with Crippen molar-refractivity contribution in [2.24, 2.45) is 5.73 Å². The SMILES string of the molecule is NCc1ccc(CN2CCCC2c2ccccc2)c(F)c1. The van der Waals surface area contributed by atoms with Crippen molar-refractivity contribution in [1.29, 1.82) is 0 Å². The molecule has 0 aliphatic carbocycles. The standard InChI is InChI=1S/C18H21FN2/c19-17-11-14(12-20)8-9-16(17)13-21-10-4-7-18(21)15-5-2-1-3-6-15/h1-3,5-6,8-9,11,18H,4,7,10,12-13,20H2. The molecule has 1 fully saturated rings. The number of nitrogens with zero attached hydrogens (tertiary/aromatic N) is 1. The molecule has 1 heterocycles. The fraction of sp³-hybridized carbons (Fsp3) is 0.333. The van der Waals surface area contributed by atoms with E-state index in [-0.39, 0.29) is 5.82 Å². The molecule has 1 saturated heterocycles. The molecule has 1 atom stereocenters. The summed E-state index contributed by atoms with van der Waals surface area (Å²) in [6.07, 6.45) is 2.31. The molecule has 3 heteroatoms. The third-order valence-corrected chi connectivity index (χ3v) is 4.27. The molecular formula is C18H21FN2. The average Bonchev–Trinajstić information content (AvgIpc) is 2.98. The number of halogens is 1. The van der Waals surface area contributed by atoms with Crippen LogP contribution in [0.1, 0.15) is 35.6 Å². The molecule has 2 aromatic rings. The van der Waals surface area contributed by atoms with Gasteiger partial charge in [0, 0.05) is 24.7 Å². The van der Waals surface area contributed by atoms with Gasteiger partial charge >= 0.3 is 0 Å². The van der Waals surface area contributed by atoms with Gasteiger partial charge in [0.05, 0.1) is 0 Å². The highest BCUT2D eigenvalue weighted by Crippen LogP contribution is 2.33. The predicted molar refractivity (Wildman–Crippen MR) is 83.1 cm³/mol. The van der Waals surface area contributed by atoms with Gasteiger partial charge in [-0.3, -0.25) is 4.90 Å². The first-order valence-corrected chi connectivity index (χ1v) is 7.54. The summed E-state index contributed by atoms with van der Waals surface area (Å²) in [7, 11) is 0. The summed E-state index contributed by atoms with van der Waals surface area (Å²) in [6.45, 7) is 2.07. The van der Waals surface area contributed by atoms with Crippen LogP contribution >= 0.6 is 0 Å². The van der Waals surface area contributed by atoms with E-state index in [9.17, 15) is 4.39 Å². The van der Waals surface area contributed by atoms with E-state index in [0.29, 0.717) is 19.1 Å². The van der Waals surface area contributed by atoms with Gasteiger partial charge in [-0.05, 0) is 36.6 Å². The van der Waals surface area contributed by atoms with Crippen LogP contribution in [0.15, 0.2) is 48.5 Å². The summed E-state index contributed by atoms with van der Waals surface area (Å²) in [5.74, 6) is -0.142. The normalized spacial score (nSPS) is 19.0. The third kappa shape index (κ3) is 3.14. The summed E-state index contributed by atoms with van der Waals surface area (Å²) < 4.78 is 14.1. The van der Waals surface area contributed by atoms with Gasteiger partial charge in [0.15, 0.2) is 0 Å². The molecule has 0 radical (unpaired) electrons. The minimum Gasteiger partial charge on any atom is -0.326 e. The van der Waals surface area contributed by atoms with Crippen molar-refractivity contribution < 1.29 is 4.39 Å². The highest BCUT2D eigenvalue weighted by atomic mass is 19.1. The van der Waals surface area contributed by atoms with E-state index >= 15 is 0 Å². The Balaban J connectivity index is 1.78. The van der Waals surface area contributed by atoms with Crippen LogP contribution in [0.25, 0.3) is 0 Å². The molecule has 0 aromatic heterocycles. The summed E-state index contributed by atoms with van der Waals surface area (Å²) in [5.41, 5.74) is 8.49. The van der Waals surface area contributed by atoms with Crippen molar-refractivity contribution >= 4 is 0 Å². The van der Waals surface area contributed by atoms with E-state index in [1.54, 1.807) is 6.07 Å². The summed E-state index contributed by atoms with van der Waals surface area (Å²) >= 11 is 0. The smallest absolute Gasteiger partial charge is 0.128 e. The monoisotopic (exact) mass is 284 g/mol. The second-order valence-corrected chi connectivity index (χ2v) is 5.67. The van der Waals surface area contributed by atoms with Crippen molar-refractivity contribution in [1.82, 2.24) is 4.90 Å². The van der Waals surface area contributed by atoms with E-state index in [1.165, 1.54) is 12.0 Å². The molecule has 1 aliphatic rings. The Morgan fingerprint density at radius 3 is 2.67 bits per heavy atom. The van der Waals surface area contributed by atoms with Crippen LogP contribution < -0.4 is 5.73 Å². The zero-order chi connectivity index (χ0) is 14.7. The topological polar surface area (TPSA) is 29.3 Å². The maximum absolute atomic E-state index is 14.1. The van der Waals surface area contributed by atoms with E-state index in [1.807, 2.05) is 18.2 Å². The van der Waals surface area contributed by atoms with Gasteiger partial charge < -0.3 is 5.73 Å². The molecule has 2 N–H and O–H groups in total. The summed E-state index contributed by atoms with van der Waals surface area (Å²) in [5, 5.41) is 0. The maximum Gasteiger partial charge on any atom is 0.128 e. The molecule has 0 amide bonds. The lowest BCUT2D eigenvalue weighted by Gasteiger charge is -2.25. The lowest BCUT2D eigenvalue weighted by atomic mass is 10.0. The van der Waals surface area contributed by atoms with E-state index < -0.39 is 0 Å². The predicted octanol–water partition coefficient (Wildman–Crippen LogP) is 3.62. The fourth-order valence-electron chi connectivity index (χ4n) is 3.13. The van der Waals surface area contributed by atoms with E-state index in [4.69, 9.17) is 5.73 Å². The van der Waals surface area contributed by atoms with Gasteiger partial charge in [0.1, 0.15) is 5.82 Å². The molecule has 0 spiro atoms. The molecule has 110 valence electrons. The molecule has 1 unspecified atom stereocenters. The Morgan fingerprint density at radius 2 is 1.95 bits per heavy atom. The number of nitrogens with two attached hydrogens (primary N) is 1. The zero-order valence-corrected chi connectivity index (χ0v) is 12.1. The number of rotatable bonds is 4. The number of hydrogen-bond donors (Lipinski definition) is 1.